The standard InChI is InChI=1S/C15H17ClN2O2/c1-10-5-6-12(8-13(10)16)18-15(19)9-17-11(2)14-4-3-7-20-14/h3-8,11,17H,9H2,1-2H3,(H,18,19)/p+1/t11-/m0/s1. The predicted octanol–water partition coefficient (Wildman–Crippen LogP) is 2.50. The van der Waals surface area contributed by atoms with E-state index in [1.807, 2.05) is 43.4 Å². The van der Waals surface area contributed by atoms with Gasteiger partial charge in [0.25, 0.3) is 5.91 Å². The number of carbonyl (C=O) groups excluding carboxylic acids is 1. The van der Waals surface area contributed by atoms with Gasteiger partial charge in [-0.1, -0.05) is 17.7 Å². The maximum atomic E-state index is 11.9. The highest BCUT2D eigenvalue weighted by molar-refractivity contribution is 6.31. The first-order valence-electron chi connectivity index (χ1n) is 6.49. The van der Waals surface area contributed by atoms with Crippen molar-refractivity contribution in [3.63, 3.8) is 0 Å². The van der Waals surface area contributed by atoms with Crippen molar-refractivity contribution < 1.29 is 14.5 Å². The number of amides is 1. The van der Waals surface area contributed by atoms with Crippen LogP contribution >= 0.6 is 11.6 Å². The van der Waals surface area contributed by atoms with Gasteiger partial charge in [-0.2, -0.15) is 0 Å². The highest BCUT2D eigenvalue weighted by atomic mass is 35.5. The van der Waals surface area contributed by atoms with Crippen molar-refractivity contribution in [1.82, 2.24) is 0 Å². The number of furan rings is 1. The van der Waals surface area contributed by atoms with Gasteiger partial charge in [-0.05, 0) is 43.7 Å². The summed E-state index contributed by atoms with van der Waals surface area (Å²) in [6.07, 6.45) is 1.63. The van der Waals surface area contributed by atoms with E-state index in [1.165, 1.54) is 0 Å². The fraction of sp³-hybridized carbons (Fsp3) is 0.267. The summed E-state index contributed by atoms with van der Waals surface area (Å²) in [6, 6.07) is 9.33. The second-order valence-corrected chi connectivity index (χ2v) is 5.16. The van der Waals surface area contributed by atoms with Gasteiger partial charge in [-0.3, -0.25) is 4.79 Å². The number of carbonyl (C=O) groups is 1. The van der Waals surface area contributed by atoms with Crippen LogP contribution in [-0.2, 0) is 4.79 Å². The number of nitrogens with two attached hydrogens (primary N) is 1. The van der Waals surface area contributed by atoms with Gasteiger partial charge >= 0.3 is 0 Å². The monoisotopic (exact) mass is 293 g/mol. The quantitative estimate of drug-likeness (QED) is 0.890. The predicted molar refractivity (Wildman–Crippen MR) is 78.7 cm³/mol. The van der Waals surface area contributed by atoms with E-state index in [9.17, 15) is 4.79 Å². The molecule has 0 saturated carbocycles. The molecule has 2 rings (SSSR count). The maximum absolute atomic E-state index is 11.9. The van der Waals surface area contributed by atoms with Gasteiger partial charge in [0.1, 0.15) is 6.04 Å². The number of rotatable bonds is 5. The van der Waals surface area contributed by atoms with Crippen LogP contribution in [0.2, 0.25) is 5.02 Å². The van der Waals surface area contributed by atoms with E-state index in [1.54, 1.807) is 12.3 Å². The van der Waals surface area contributed by atoms with Gasteiger partial charge in [0.15, 0.2) is 12.3 Å². The minimum atomic E-state index is -0.0664. The Hall–Kier alpha value is -1.78. The van der Waals surface area contributed by atoms with Crippen molar-refractivity contribution in [2.75, 3.05) is 11.9 Å². The molecule has 0 aliphatic carbocycles. The summed E-state index contributed by atoms with van der Waals surface area (Å²) in [5, 5.41) is 5.39. The van der Waals surface area contributed by atoms with E-state index in [0.717, 1.165) is 11.3 Å². The second kappa shape index (κ2) is 6.59. The van der Waals surface area contributed by atoms with Gasteiger partial charge in [0, 0.05) is 10.7 Å². The summed E-state index contributed by atoms with van der Waals surface area (Å²) in [7, 11) is 0. The Morgan fingerprint density at radius 3 is 2.90 bits per heavy atom. The van der Waals surface area contributed by atoms with Gasteiger partial charge in [-0.25, -0.2) is 0 Å². The highest BCUT2D eigenvalue weighted by Crippen LogP contribution is 2.19. The number of aryl methyl sites for hydroxylation is 1. The number of nitrogens with one attached hydrogen (secondary N) is 1. The molecule has 0 bridgehead atoms. The first-order chi connectivity index (χ1) is 9.56. The lowest BCUT2D eigenvalue weighted by molar-refractivity contribution is -0.684. The van der Waals surface area contributed by atoms with Crippen LogP contribution in [0.3, 0.4) is 0 Å². The summed E-state index contributed by atoms with van der Waals surface area (Å²) in [4.78, 5) is 11.9. The number of hydrogen-bond acceptors (Lipinski definition) is 2. The minimum Gasteiger partial charge on any atom is -0.463 e. The number of benzene rings is 1. The molecule has 1 amide bonds. The Balaban J connectivity index is 1.85. The third-order valence-electron chi connectivity index (χ3n) is 3.10. The molecule has 0 saturated heterocycles. The van der Waals surface area contributed by atoms with Gasteiger partial charge in [-0.15, -0.1) is 0 Å². The molecule has 1 aromatic carbocycles. The molecule has 0 fully saturated rings. The molecule has 20 heavy (non-hydrogen) atoms. The lowest BCUT2D eigenvalue weighted by atomic mass is 10.2. The summed E-state index contributed by atoms with van der Waals surface area (Å²) in [6.45, 7) is 4.25. The summed E-state index contributed by atoms with van der Waals surface area (Å²) in [5.41, 5.74) is 1.70. The topological polar surface area (TPSA) is 58.9 Å². The van der Waals surface area contributed by atoms with E-state index in [2.05, 4.69) is 5.32 Å². The molecular formula is C15H18ClN2O2+. The van der Waals surface area contributed by atoms with Crippen molar-refractivity contribution in [1.29, 1.82) is 0 Å². The van der Waals surface area contributed by atoms with Crippen LogP contribution in [-0.4, -0.2) is 12.5 Å². The van der Waals surface area contributed by atoms with Crippen LogP contribution in [0.25, 0.3) is 0 Å². The van der Waals surface area contributed by atoms with E-state index in [-0.39, 0.29) is 11.9 Å². The first kappa shape index (κ1) is 14.6. The summed E-state index contributed by atoms with van der Waals surface area (Å²) in [5.74, 6) is 0.791. The molecule has 1 atom stereocenters. The molecule has 0 unspecified atom stereocenters. The Morgan fingerprint density at radius 2 is 2.25 bits per heavy atom. The molecule has 3 N–H and O–H groups in total. The first-order valence-corrected chi connectivity index (χ1v) is 6.87. The third-order valence-corrected chi connectivity index (χ3v) is 3.51. The third kappa shape index (κ3) is 3.85. The molecule has 0 aliphatic rings. The molecule has 4 nitrogen and oxygen atoms in total. The Labute approximate surface area is 123 Å². The molecule has 106 valence electrons. The summed E-state index contributed by atoms with van der Waals surface area (Å²) >= 11 is 6.02. The van der Waals surface area contributed by atoms with Gasteiger partial charge in [0.05, 0.1) is 6.26 Å². The fourth-order valence-corrected chi connectivity index (χ4v) is 2.01. The average molecular weight is 294 g/mol. The zero-order valence-electron chi connectivity index (χ0n) is 11.5. The zero-order chi connectivity index (χ0) is 14.5. The molecule has 2 aromatic rings. The van der Waals surface area contributed by atoms with Crippen molar-refractivity contribution in [3.8, 4) is 0 Å². The molecular weight excluding hydrogens is 276 g/mol. The molecule has 1 heterocycles. The van der Waals surface area contributed by atoms with Gasteiger partial charge < -0.3 is 15.1 Å². The average Bonchev–Trinajstić information content (AvgIpc) is 2.94. The lowest BCUT2D eigenvalue weighted by Crippen LogP contribution is -2.86. The second-order valence-electron chi connectivity index (χ2n) is 4.76. The van der Waals surface area contributed by atoms with Crippen LogP contribution in [0.1, 0.15) is 24.3 Å². The smallest absolute Gasteiger partial charge is 0.279 e. The van der Waals surface area contributed by atoms with Crippen LogP contribution < -0.4 is 10.6 Å². The minimum absolute atomic E-state index is 0.0664. The largest absolute Gasteiger partial charge is 0.463 e. The number of halogens is 1. The van der Waals surface area contributed by atoms with Crippen molar-refractivity contribution >= 4 is 23.2 Å². The number of anilines is 1. The van der Waals surface area contributed by atoms with Crippen molar-refractivity contribution in [2.24, 2.45) is 0 Å². The highest BCUT2D eigenvalue weighted by Gasteiger charge is 2.13. The van der Waals surface area contributed by atoms with Crippen LogP contribution in [0.5, 0.6) is 0 Å². The SMILES string of the molecule is Cc1ccc(NC(=O)C[NH2+][C@@H](C)c2ccco2)cc1Cl. The van der Waals surface area contributed by atoms with E-state index >= 15 is 0 Å². The summed E-state index contributed by atoms with van der Waals surface area (Å²) < 4.78 is 5.29. The Morgan fingerprint density at radius 1 is 1.45 bits per heavy atom. The number of hydrogen-bond donors (Lipinski definition) is 2. The number of quaternary nitrogens is 1. The van der Waals surface area contributed by atoms with E-state index < -0.39 is 0 Å². The van der Waals surface area contributed by atoms with Crippen LogP contribution in [0, 0.1) is 6.92 Å². The lowest BCUT2D eigenvalue weighted by Gasteiger charge is -2.09. The van der Waals surface area contributed by atoms with E-state index in [4.69, 9.17) is 16.0 Å². The molecule has 0 aliphatic heterocycles. The van der Waals surface area contributed by atoms with Crippen LogP contribution in [0.15, 0.2) is 41.0 Å². The van der Waals surface area contributed by atoms with E-state index in [0.29, 0.717) is 17.3 Å². The maximum Gasteiger partial charge on any atom is 0.279 e. The zero-order valence-corrected chi connectivity index (χ0v) is 12.3. The van der Waals surface area contributed by atoms with Crippen molar-refractivity contribution in [2.45, 2.75) is 19.9 Å². The Bertz CT molecular complexity index is 582. The van der Waals surface area contributed by atoms with Crippen molar-refractivity contribution in [3.05, 3.63) is 52.9 Å². The molecule has 5 heteroatoms. The Kier molecular flexibility index (Phi) is 4.82. The normalized spacial score (nSPS) is 12.2. The van der Waals surface area contributed by atoms with Crippen LogP contribution in [0.4, 0.5) is 5.69 Å². The fourth-order valence-electron chi connectivity index (χ4n) is 1.83. The molecule has 0 spiro atoms. The van der Waals surface area contributed by atoms with Gasteiger partial charge in [0.2, 0.25) is 0 Å². The molecule has 0 radical (unpaired) electrons. The molecule has 1 aromatic heterocycles.